The summed E-state index contributed by atoms with van der Waals surface area (Å²) in [4.78, 5) is 17.4. The summed E-state index contributed by atoms with van der Waals surface area (Å²) in [6.07, 6.45) is 1.41. The topological polar surface area (TPSA) is 87.5 Å². The molecule has 0 aliphatic rings. The Morgan fingerprint density at radius 3 is 2.16 bits per heavy atom. The normalized spacial score (nSPS) is 12.2. The molecule has 7 nitrogen and oxygen atoms in total. The summed E-state index contributed by atoms with van der Waals surface area (Å²) >= 11 is 18.4. The fraction of sp³-hybridized carbons (Fsp3) is 0.238. The van der Waals surface area contributed by atoms with E-state index in [9.17, 15) is 13.2 Å². The van der Waals surface area contributed by atoms with Crippen molar-refractivity contribution >= 4 is 56.7 Å². The zero-order valence-electron chi connectivity index (χ0n) is 17.6. The average Bonchev–Trinajstić information content (AvgIpc) is 3.00. The number of aliphatic imine (C=N–C) groups is 1. The minimum atomic E-state index is -3.55. The quantitative estimate of drug-likeness (QED) is 0.438. The van der Waals surface area contributed by atoms with Crippen LogP contribution in [0, 0.1) is 6.92 Å². The number of benzene rings is 2. The van der Waals surface area contributed by atoms with E-state index in [4.69, 9.17) is 34.8 Å². The van der Waals surface area contributed by atoms with Gasteiger partial charge in [-0.15, -0.1) is 0 Å². The number of sulfonamides is 1. The third kappa shape index (κ3) is 4.79. The Balaban J connectivity index is 1.93. The molecule has 2 aromatic carbocycles. The van der Waals surface area contributed by atoms with Crippen molar-refractivity contribution in [3.63, 3.8) is 0 Å². The van der Waals surface area contributed by atoms with Crippen LogP contribution in [0.2, 0.25) is 15.1 Å². The molecule has 3 rings (SSSR count). The van der Waals surface area contributed by atoms with Gasteiger partial charge in [0.15, 0.2) is 0 Å². The Labute approximate surface area is 201 Å². The number of aryl methyl sites for hydroxylation is 1. The Hall–Kier alpha value is -2.10. The van der Waals surface area contributed by atoms with Gasteiger partial charge in [0.1, 0.15) is 5.69 Å². The second kappa shape index (κ2) is 9.80. The molecule has 170 valence electrons. The van der Waals surface area contributed by atoms with Gasteiger partial charge in [0.05, 0.1) is 26.2 Å². The van der Waals surface area contributed by atoms with Crippen molar-refractivity contribution in [2.24, 2.45) is 4.99 Å². The van der Waals surface area contributed by atoms with E-state index in [0.29, 0.717) is 35.1 Å². The molecule has 11 heteroatoms. The van der Waals surface area contributed by atoms with Gasteiger partial charge in [-0.25, -0.2) is 13.1 Å². The van der Waals surface area contributed by atoms with Crippen LogP contribution in [0.25, 0.3) is 5.69 Å². The van der Waals surface area contributed by atoms with Crippen LogP contribution in [-0.4, -0.2) is 41.8 Å². The van der Waals surface area contributed by atoms with Crippen LogP contribution in [0.3, 0.4) is 0 Å². The molecule has 0 saturated heterocycles. The summed E-state index contributed by atoms with van der Waals surface area (Å²) in [7, 11) is -3.55. The van der Waals surface area contributed by atoms with Crippen LogP contribution in [0.4, 0.5) is 5.69 Å². The Bertz CT molecular complexity index is 1300. The number of nitrogens with zero attached hydrogens (tertiary/aromatic N) is 3. The molecule has 0 amide bonds. The third-order valence-electron chi connectivity index (χ3n) is 4.84. The predicted molar refractivity (Wildman–Crippen MR) is 130 cm³/mol. The highest BCUT2D eigenvalue weighted by atomic mass is 35.5. The lowest BCUT2D eigenvalue weighted by Crippen LogP contribution is -2.30. The molecule has 1 aromatic heterocycles. The molecule has 32 heavy (non-hydrogen) atoms. The van der Waals surface area contributed by atoms with Gasteiger partial charge in [-0.2, -0.15) is 4.31 Å². The molecule has 0 bridgehead atoms. The molecule has 0 spiro atoms. The minimum absolute atomic E-state index is 0.187. The van der Waals surface area contributed by atoms with E-state index in [-0.39, 0.29) is 20.6 Å². The average molecular weight is 516 g/mol. The molecular formula is C21H21Cl3N4O3S. The molecule has 0 radical (unpaired) electrons. The minimum Gasteiger partial charge on any atom is -0.295 e. The molecule has 0 saturated carbocycles. The maximum Gasteiger partial charge on any atom is 0.280 e. The number of hydrogen-bond donors (Lipinski definition) is 1. The standard InChI is InChI=1S/C21H21Cl3N4O3S/c1-4-27(5-2)32(30,31)16-8-6-15(7-9-16)25-12-17-13(3)26-28(21(17)29)20-18(23)10-14(22)11-19(20)24/h6-12,26H,4-5H2,1-3H3. The zero-order valence-corrected chi connectivity index (χ0v) is 20.6. The third-order valence-corrected chi connectivity index (χ3v) is 7.70. The van der Waals surface area contributed by atoms with Gasteiger partial charge in [0, 0.05) is 30.0 Å². The molecule has 1 N–H and O–H groups in total. The van der Waals surface area contributed by atoms with Crippen molar-refractivity contribution < 1.29 is 8.42 Å². The van der Waals surface area contributed by atoms with E-state index in [0.717, 1.165) is 0 Å². The zero-order chi connectivity index (χ0) is 23.6. The summed E-state index contributed by atoms with van der Waals surface area (Å²) in [5.41, 5.74) is 1.26. The van der Waals surface area contributed by atoms with Gasteiger partial charge >= 0.3 is 0 Å². The van der Waals surface area contributed by atoms with Crippen molar-refractivity contribution in [1.29, 1.82) is 0 Å². The Morgan fingerprint density at radius 1 is 1.06 bits per heavy atom. The summed E-state index contributed by atoms with van der Waals surface area (Å²) < 4.78 is 27.8. The maximum absolute atomic E-state index is 12.9. The summed E-state index contributed by atoms with van der Waals surface area (Å²) in [5, 5.41) is 3.74. The van der Waals surface area contributed by atoms with Crippen LogP contribution < -0.4 is 5.56 Å². The Kier molecular flexibility index (Phi) is 7.52. The number of rotatable bonds is 7. The first-order valence-electron chi connectivity index (χ1n) is 9.71. The molecule has 1 heterocycles. The van der Waals surface area contributed by atoms with E-state index >= 15 is 0 Å². The van der Waals surface area contributed by atoms with Crippen LogP contribution in [0.1, 0.15) is 25.1 Å². The molecule has 0 unspecified atom stereocenters. The first-order valence-corrected chi connectivity index (χ1v) is 12.3. The molecular weight excluding hydrogens is 495 g/mol. The second-order valence-electron chi connectivity index (χ2n) is 6.85. The van der Waals surface area contributed by atoms with Gasteiger partial charge in [-0.1, -0.05) is 48.7 Å². The lowest BCUT2D eigenvalue weighted by molar-refractivity contribution is 0.445. The van der Waals surface area contributed by atoms with Gasteiger partial charge in [-0.05, 0) is 43.3 Å². The lowest BCUT2D eigenvalue weighted by atomic mass is 10.2. The van der Waals surface area contributed by atoms with E-state index in [1.165, 1.54) is 39.5 Å². The molecule has 0 aliphatic heterocycles. The number of H-pyrrole nitrogens is 1. The van der Waals surface area contributed by atoms with Crippen LogP contribution in [0.5, 0.6) is 0 Å². The van der Waals surface area contributed by atoms with Gasteiger partial charge in [-0.3, -0.25) is 14.9 Å². The lowest BCUT2D eigenvalue weighted by Gasteiger charge is -2.18. The molecule has 3 aromatic rings. The summed E-state index contributed by atoms with van der Waals surface area (Å²) in [5.74, 6) is 0. The van der Waals surface area contributed by atoms with E-state index in [1.54, 1.807) is 32.9 Å². The number of aromatic nitrogens is 2. The van der Waals surface area contributed by atoms with Crippen molar-refractivity contribution in [3.05, 3.63) is 73.1 Å². The molecule has 0 aliphatic carbocycles. The van der Waals surface area contributed by atoms with Gasteiger partial charge in [0.2, 0.25) is 10.0 Å². The van der Waals surface area contributed by atoms with Crippen molar-refractivity contribution in [3.8, 4) is 5.69 Å². The second-order valence-corrected chi connectivity index (χ2v) is 10.0. The van der Waals surface area contributed by atoms with E-state index in [1.807, 2.05) is 0 Å². The van der Waals surface area contributed by atoms with Crippen molar-refractivity contribution in [1.82, 2.24) is 14.1 Å². The summed E-state index contributed by atoms with van der Waals surface area (Å²) in [6.45, 7) is 6.07. The van der Waals surface area contributed by atoms with Crippen molar-refractivity contribution in [2.45, 2.75) is 25.7 Å². The first-order chi connectivity index (χ1) is 15.1. The van der Waals surface area contributed by atoms with Crippen molar-refractivity contribution in [2.75, 3.05) is 13.1 Å². The SMILES string of the molecule is CCN(CC)S(=O)(=O)c1ccc(N=Cc2c(C)[nH]n(-c3c(Cl)cc(Cl)cc3Cl)c2=O)cc1. The summed E-state index contributed by atoms with van der Waals surface area (Å²) in [6, 6.07) is 9.15. The highest BCUT2D eigenvalue weighted by Crippen LogP contribution is 2.31. The van der Waals surface area contributed by atoms with Crippen LogP contribution in [0.15, 0.2) is 51.1 Å². The molecule has 0 atom stereocenters. The number of hydrogen-bond acceptors (Lipinski definition) is 4. The monoisotopic (exact) mass is 514 g/mol. The number of aromatic amines is 1. The fourth-order valence-electron chi connectivity index (χ4n) is 3.17. The van der Waals surface area contributed by atoms with E-state index < -0.39 is 15.6 Å². The number of halogens is 3. The molecule has 0 fully saturated rings. The maximum atomic E-state index is 12.9. The Morgan fingerprint density at radius 2 is 1.62 bits per heavy atom. The van der Waals surface area contributed by atoms with Gasteiger partial charge < -0.3 is 0 Å². The smallest absolute Gasteiger partial charge is 0.280 e. The predicted octanol–water partition coefficient (Wildman–Crippen LogP) is 5.22. The fourth-order valence-corrected chi connectivity index (χ4v) is 5.62. The highest BCUT2D eigenvalue weighted by molar-refractivity contribution is 7.89. The van der Waals surface area contributed by atoms with Crippen LogP contribution >= 0.6 is 34.8 Å². The van der Waals surface area contributed by atoms with Gasteiger partial charge in [0.25, 0.3) is 5.56 Å². The number of nitrogens with one attached hydrogen (secondary N) is 1. The first kappa shape index (κ1) is 24.5. The largest absolute Gasteiger partial charge is 0.295 e. The highest BCUT2D eigenvalue weighted by Gasteiger charge is 2.21. The van der Waals surface area contributed by atoms with Crippen LogP contribution in [-0.2, 0) is 10.0 Å². The van der Waals surface area contributed by atoms with E-state index in [2.05, 4.69) is 10.1 Å².